The van der Waals surface area contributed by atoms with Crippen molar-refractivity contribution in [3.8, 4) is 11.4 Å². The average molecular weight is 403 g/mol. The molecule has 1 aromatic heterocycles. The maximum atomic E-state index is 12.7. The van der Waals surface area contributed by atoms with E-state index < -0.39 is 4.92 Å². The van der Waals surface area contributed by atoms with Crippen LogP contribution in [0.1, 0.15) is 6.92 Å². The number of carbonyl (C=O) groups is 1. The number of benzene rings is 1. The van der Waals surface area contributed by atoms with Gasteiger partial charge in [-0.25, -0.2) is 0 Å². The summed E-state index contributed by atoms with van der Waals surface area (Å²) >= 11 is 1.34. The minimum Gasteiger partial charge on any atom is -0.378 e. The number of ether oxygens (including phenoxy) is 1. The van der Waals surface area contributed by atoms with Gasteiger partial charge in [0.05, 0.1) is 23.4 Å². The Balaban J connectivity index is 1.80. The van der Waals surface area contributed by atoms with Gasteiger partial charge in [-0.3, -0.25) is 19.5 Å². The van der Waals surface area contributed by atoms with Crippen LogP contribution in [0, 0.1) is 10.1 Å². The van der Waals surface area contributed by atoms with Gasteiger partial charge in [0, 0.05) is 37.3 Å². The van der Waals surface area contributed by atoms with Crippen LogP contribution in [0.4, 0.5) is 5.69 Å². The van der Waals surface area contributed by atoms with Crippen LogP contribution >= 0.6 is 11.8 Å². The summed E-state index contributed by atoms with van der Waals surface area (Å²) in [7, 11) is 0. The summed E-state index contributed by atoms with van der Waals surface area (Å²) in [6.07, 6.45) is 1.72. The molecule has 0 bridgehead atoms. The Hall–Kier alpha value is -2.72. The first-order valence-electron chi connectivity index (χ1n) is 8.83. The van der Waals surface area contributed by atoms with Crippen LogP contribution in [0.2, 0.25) is 0 Å². The summed E-state index contributed by atoms with van der Waals surface area (Å²) in [5, 5.41) is 19.6. The van der Waals surface area contributed by atoms with Crippen LogP contribution in [0.15, 0.2) is 42.1 Å². The summed E-state index contributed by atoms with van der Waals surface area (Å²) in [4.78, 5) is 24.9. The molecular weight excluding hydrogens is 382 g/mol. The van der Waals surface area contributed by atoms with E-state index >= 15 is 0 Å². The SMILES string of the molecule is C=CCn1c(SC(C)C(=O)N2CCOCC2)nnc1-c1ccc([N+](=O)[O-])cc1. The molecule has 10 heteroatoms. The lowest BCUT2D eigenvalue weighted by Crippen LogP contribution is -2.44. The smallest absolute Gasteiger partial charge is 0.269 e. The Kier molecular flexibility index (Phi) is 6.42. The Morgan fingerprint density at radius 2 is 2.04 bits per heavy atom. The molecule has 0 spiro atoms. The zero-order chi connectivity index (χ0) is 20.1. The first-order chi connectivity index (χ1) is 13.5. The minimum absolute atomic E-state index is 0.0119. The van der Waals surface area contributed by atoms with Crippen molar-refractivity contribution in [2.24, 2.45) is 0 Å². The normalized spacial score (nSPS) is 15.2. The highest BCUT2D eigenvalue weighted by molar-refractivity contribution is 8.00. The van der Waals surface area contributed by atoms with Gasteiger partial charge in [-0.05, 0) is 19.1 Å². The topological polar surface area (TPSA) is 103 Å². The van der Waals surface area contributed by atoms with Crippen molar-refractivity contribution in [3.05, 3.63) is 47.0 Å². The largest absolute Gasteiger partial charge is 0.378 e. The second-order valence-corrected chi connectivity index (χ2v) is 7.52. The van der Waals surface area contributed by atoms with E-state index in [0.717, 1.165) is 0 Å². The summed E-state index contributed by atoms with van der Waals surface area (Å²) in [6.45, 7) is 8.38. The van der Waals surface area contributed by atoms with E-state index in [2.05, 4.69) is 16.8 Å². The highest BCUT2D eigenvalue weighted by Crippen LogP contribution is 2.28. The molecular formula is C18H21N5O4S. The number of morpholine rings is 1. The van der Waals surface area contributed by atoms with Crippen LogP contribution in [0.3, 0.4) is 0 Å². The molecule has 1 aliphatic heterocycles. The van der Waals surface area contributed by atoms with Crippen molar-refractivity contribution in [1.29, 1.82) is 0 Å². The van der Waals surface area contributed by atoms with Gasteiger partial charge < -0.3 is 9.64 Å². The Labute approximate surface area is 166 Å². The predicted molar refractivity (Wildman–Crippen MR) is 105 cm³/mol. The number of thioether (sulfide) groups is 1. The van der Waals surface area contributed by atoms with Crippen molar-refractivity contribution in [2.75, 3.05) is 26.3 Å². The number of non-ortho nitro benzene ring substituents is 1. The third-order valence-electron chi connectivity index (χ3n) is 4.32. The summed E-state index contributed by atoms with van der Waals surface area (Å²) in [6, 6.07) is 6.14. The predicted octanol–water partition coefficient (Wildman–Crippen LogP) is 2.38. The van der Waals surface area contributed by atoms with Gasteiger partial charge in [0.2, 0.25) is 5.91 Å². The second-order valence-electron chi connectivity index (χ2n) is 6.21. The van der Waals surface area contributed by atoms with E-state index in [0.29, 0.717) is 49.4 Å². The van der Waals surface area contributed by atoms with Crippen molar-refractivity contribution in [3.63, 3.8) is 0 Å². The van der Waals surface area contributed by atoms with Crippen LogP contribution in [0.25, 0.3) is 11.4 Å². The van der Waals surface area contributed by atoms with Gasteiger partial charge >= 0.3 is 0 Å². The number of rotatable bonds is 7. The molecule has 3 rings (SSSR count). The molecule has 2 aromatic rings. The quantitative estimate of drug-likeness (QED) is 0.303. The zero-order valence-corrected chi connectivity index (χ0v) is 16.3. The third kappa shape index (κ3) is 4.39. The zero-order valence-electron chi connectivity index (χ0n) is 15.5. The van der Waals surface area contributed by atoms with Gasteiger partial charge in [-0.2, -0.15) is 0 Å². The minimum atomic E-state index is -0.446. The average Bonchev–Trinajstić information content (AvgIpc) is 3.10. The number of allylic oxidation sites excluding steroid dienone is 1. The molecule has 1 unspecified atom stereocenters. The molecule has 1 aromatic carbocycles. The van der Waals surface area contributed by atoms with Gasteiger partial charge in [-0.1, -0.05) is 17.8 Å². The first-order valence-corrected chi connectivity index (χ1v) is 9.71. The molecule has 0 saturated carbocycles. The molecule has 1 amide bonds. The lowest BCUT2D eigenvalue weighted by atomic mass is 10.2. The van der Waals surface area contributed by atoms with E-state index in [-0.39, 0.29) is 16.8 Å². The molecule has 0 aliphatic carbocycles. The number of hydrogen-bond acceptors (Lipinski definition) is 7. The van der Waals surface area contributed by atoms with E-state index in [1.54, 1.807) is 23.1 Å². The molecule has 0 N–H and O–H groups in total. The van der Waals surface area contributed by atoms with E-state index in [1.165, 1.54) is 23.9 Å². The first kappa shape index (κ1) is 20.0. The Morgan fingerprint density at radius 1 is 1.36 bits per heavy atom. The van der Waals surface area contributed by atoms with E-state index in [1.807, 2.05) is 11.5 Å². The number of aromatic nitrogens is 3. The molecule has 1 aliphatic rings. The standard InChI is InChI=1S/C18H21N5O4S/c1-3-8-22-16(14-4-6-15(7-5-14)23(25)26)19-20-18(22)28-13(2)17(24)21-9-11-27-12-10-21/h3-7,13H,1,8-12H2,2H3. The Bertz CT molecular complexity index is 861. The van der Waals surface area contributed by atoms with Crippen molar-refractivity contribution < 1.29 is 14.5 Å². The van der Waals surface area contributed by atoms with E-state index in [9.17, 15) is 14.9 Å². The molecule has 1 fully saturated rings. The number of nitro groups is 1. The second kappa shape index (κ2) is 8.98. The van der Waals surface area contributed by atoms with Crippen molar-refractivity contribution in [2.45, 2.75) is 23.9 Å². The molecule has 0 radical (unpaired) electrons. The fourth-order valence-electron chi connectivity index (χ4n) is 2.86. The number of nitrogens with zero attached hydrogens (tertiary/aromatic N) is 5. The molecule has 1 saturated heterocycles. The number of hydrogen-bond donors (Lipinski definition) is 0. The summed E-state index contributed by atoms with van der Waals surface area (Å²) < 4.78 is 7.14. The van der Waals surface area contributed by atoms with Crippen molar-refractivity contribution >= 4 is 23.4 Å². The summed E-state index contributed by atoms with van der Waals surface area (Å²) in [5.41, 5.74) is 0.719. The molecule has 148 valence electrons. The van der Waals surface area contributed by atoms with Gasteiger partial charge in [0.15, 0.2) is 11.0 Å². The van der Waals surface area contributed by atoms with Gasteiger partial charge in [-0.15, -0.1) is 16.8 Å². The maximum absolute atomic E-state index is 12.7. The maximum Gasteiger partial charge on any atom is 0.269 e. The van der Waals surface area contributed by atoms with Gasteiger partial charge in [0.1, 0.15) is 0 Å². The molecule has 28 heavy (non-hydrogen) atoms. The fraction of sp³-hybridized carbons (Fsp3) is 0.389. The number of nitro benzene ring substituents is 1. The van der Waals surface area contributed by atoms with Crippen molar-refractivity contribution in [1.82, 2.24) is 19.7 Å². The lowest BCUT2D eigenvalue weighted by Gasteiger charge is -2.28. The molecule has 9 nitrogen and oxygen atoms in total. The van der Waals surface area contributed by atoms with Crippen LogP contribution in [-0.4, -0.2) is 62.0 Å². The highest BCUT2D eigenvalue weighted by Gasteiger charge is 2.25. The monoisotopic (exact) mass is 403 g/mol. The lowest BCUT2D eigenvalue weighted by molar-refractivity contribution is -0.384. The summed E-state index contributed by atoms with van der Waals surface area (Å²) in [5.74, 6) is 0.613. The van der Waals surface area contributed by atoms with Crippen LogP contribution in [-0.2, 0) is 16.1 Å². The van der Waals surface area contributed by atoms with Gasteiger partial charge in [0.25, 0.3) is 5.69 Å². The molecule has 1 atom stereocenters. The third-order valence-corrected chi connectivity index (χ3v) is 5.39. The number of amides is 1. The molecule has 2 heterocycles. The Morgan fingerprint density at radius 3 is 2.64 bits per heavy atom. The highest BCUT2D eigenvalue weighted by atomic mass is 32.2. The van der Waals surface area contributed by atoms with Crippen LogP contribution in [0.5, 0.6) is 0 Å². The number of carbonyl (C=O) groups excluding carboxylic acids is 1. The van der Waals surface area contributed by atoms with E-state index in [4.69, 9.17) is 4.74 Å². The van der Waals surface area contributed by atoms with Crippen LogP contribution < -0.4 is 0 Å². The fourth-order valence-corrected chi connectivity index (χ4v) is 3.81.